The van der Waals surface area contributed by atoms with Crippen molar-refractivity contribution in [3.63, 3.8) is 0 Å². The molecule has 0 aromatic carbocycles. The zero-order valence-corrected chi connectivity index (χ0v) is 11.3. The van der Waals surface area contributed by atoms with Gasteiger partial charge in [0.05, 0.1) is 19.8 Å². The van der Waals surface area contributed by atoms with Gasteiger partial charge in [0, 0.05) is 26.1 Å². The monoisotopic (exact) mass is 296 g/mol. The first kappa shape index (κ1) is 21.0. The first-order valence-corrected chi connectivity index (χ1v) is 6.14. The summed E-state index contributed by atoms with van der Waals surface area (Å²) in [4.78, 5) is 21.7. The molecule has 0 rings (SSSR count). The molecule has 9 nitrogen and oxygen atoms in total. The predicted octanol–water partition coefficient (Wildman–Crippen LogP) is -2.47. The molecule has 7 N–H and O–H groups in total. The molecule has 9 heteroatoms. The van der Waals surface area contributed by atoms with E-state index < -0.39 is 18.0 Å². The molecule has 0 fully saturated rings. The summed E-state index contributed by atoms with van der Waals surface area (Å²) in [6, 6.07) is -1.06. The number of hydrogen-bond donors (Lipinski definition) is 6. The minimum Gasteiger partial charge on any atom is -0.481 e. The third kappa shape index (κ3) is 14.8. The van der Waals surface area contributed by atoms with Crippen LogP contribution in [0, 0.1) is 0 Å². The number of carbonyl (C=O) groups is 2. The summed E-state index contributed by atoms with van der Waals surface area (Å²) < 4.78 is 0. The van der Waals surface area contributed by atoms with Crippen LogP contribution in [0.4, 0.5) is 0 Å². The van der Waals surface area contributed by atoms with E-state index in [0.717, 1.165) is 0 Å². The number of aliphatic carboxylic acids is 2. The number of nitrogens with two attached hydrogens (primary N) is 1. The molecule has 1 atom stereocenters. The number of hydrogen-bond acceptors (Lipinski definition) is 7. The van der Waals surface area contributed by atoms with E-state index in [1.165, 1.54) is 0 Å². The van der Waals surface area contributed by atoms with Crippen molar-refractivity contribution in [1.82, 2.24) is 4.90 Å². The van der Waals surface area contributed by atoms with Crippen molar-refractivity contribution in [3.8, 4) is 0 Å². The summed E-state index contributed by atoms with van der Waals surface area (Å²) in [5.74, 6) is -2.20. The Hall–Kier alpha value is -1.26. The summed E-state index contributed by atoms with van der Waals surface area (Å²) in [6.45, 7) is 1.75. The lowest BCUT2D eigenvalue weighted by Gasteiger charge is -2.17. The van der Waals surface area contributed by atoms with E-state index >= 15 is 0 Å². The second-order valence-corrected chi connectivity index (χ2v) is 3.89. The van der Waals surface area contributed by atoms with Crippen molar-refractivity contribution in [2.75, 3.05) is 39.5 Å². The fraction of sp³-hybridized carbons (Fsp3) is 0.818. The van der Waals surface area contributed by atoms with Gasteiger partial charge < -0.3 is 31.3 Å². The molecule has 0 aromatic heterocycles. The summed E-state index contributed by atoms with van der Waals surface area (Å²) in [5.41, 5.74) is 5.00. The third-order valence-corrected chi connectivity index (χ3v) is 2.24. The van der Waals surface area contributed by atoms with Crippen molar-refractivity contribution >= 4 is 11.9 Å². The lowest BCUT2D eigenvalue weighted by molar-refractivity contribution is -0.139. The molecule has 0 heterocycles. The Morgan fingerprint density at radius 2 is 1.35 bits per heavy atom. The van der Waals surface area contributed by atoms with Crippen molar-refractivity contribution in [1.29, 1.82) is 0 Å². The van der Waals surface area contributed by atoms with Gasteiger partial charge in [0.2, 0.25) is 0 Å². The van der Waals surface area contributed by atoms with E-state index in [4.69, 9.17) is 31.3 Å². The molecule has 20 heavy (non-hydrogen) atoms. The van der Waals surface area contributed by atoms with Crippen molar-refractivity contribution in [2.45, 2.75) is 18.9 Å². The highest BCUT2D eigenvalue weighted by atomic mass is 16.4. The Kier molecular flexibility index (Phi) is 14.9. The molecule has 0 bridgehead atoms. The zero-order chi connectivity index (χ0) is 16.0. The number of nitrogens with zero attached hydrogens (tertiary/aromatic N) is 1. The molecule has 0 amide bonds. The summed E-state index contributed by atoms with van der Waals surface area (Å²) in [5, 5.41) is 41.7. The molecule has 0 saturated heterocycles. The van der Waals surface area contributed by atoms with Gasteiger partial charge >= 0.3 is 11.9 Å². The molecule has 120 valence electrons. The highest BCUT2D eigenvalue weighted by molar-refractivity contribution is 5.74. The second kappa shape index (κ2) is 14.2. The van der Waals surface area contributed by atoms with Gasteiger partial charge in [-0.15, -0.1) is 0 Å². The van der Waals surface area contributed by atoms with Crippen LogP contribution in [-0.4, -0.2) is 87.9 Å². The maximum Gasteiger partial charge on any atom is 0.320 e. The van der Waals surface area contributed by atoms with E-state index in [9.17, 15) is 9.59 Å². The largest absolute Gasteiger partial charge is 0.481 e. The van der Waals surface area contributed by atoms with E-state index in [2.05, 4.69) is 0 Å². The number of rotatable bonds is 10. The van der Waals surface area contributed by atoms with Gasteiger partial charge in [0.15, 0.2) is 0 Å². The Morgan fingerprint density at radius 1 is 0.950 bits per heavy atom. The number of carboxylic acid groups (broad SMARTS) is 2. The molecule has 0 spiro atoms. The Labute approximate surface area is 117 Å². The Balaban J connectivity index is 0. The van der Waals surface area contributed by atoms with E-state index in [0.29, 0.717) is 19.6 Å². The minimum atomic E-state index is -1.17. The van der Waals surface area contributed by atoms with Crippen LogP contribution in [-0.2, 0) is 9.59 Å². The molecular weight excluding hydrogens is 272 g/mol. The van der Waals surface area contributed by atoms with Gasteiger partial charge in [-0.2, -0.15) is 0 Å². The summed E-state index contributed by atoms with van der Waals surface area (Å²) >= 11 is 0. The second-order valence-electron chi connectivity index (χ2n) is 3.89. The first-order chi connectivity index (χ1) is 9.38. The highest BCUT2D eigenvalue weighted by Crippen LogP contribution is 1.93. The van der Waals surface area contributed by atoms with Crippen LogP contribution in [0.5, 0.6) is 0 Å². The number of aliphatic hydroxyl groups excluding tert-OH is 3. The van der Waals surface area contributed by atoms with Gasteiger partial charge in [-0.05, 0) is 6.42 Å². The molecule has 0 aliphatic carbocycles. The van der Waals surface area contributed by atoms with Gasteiger partial charge in [0.1, 0.15) is 6.04 Å². The Bertz CT molecular complexity index is 249. The van der Waals surface area contributed by atoms with Crippen molar-refractivity contribution in [3.05, 3.63) is 0 Å². The zero-order valence-electron chi connectivity index (χ0n) is 11.3. The topological polar surface area (TPSA) is 165 Å². The molecule has 0 aliphatic heterocycles. The predicted molar refractivity (Wildman–Crippen MR) is 70.2 cm³/mol. The van der Waals surface area contributed by atoms with E-state index in [-0.39, 0.29) is 32.7 Å². The standard InChI is InChI=1S/C6H15NO3.C5H9NO4/c8-4-1-7(2-5-9)3-6-10;6-3(5(9)10)1-2-4(7)8/h8-10H,1-6H2;3H,1-2,6H2,(H,7,8)(H,9,10). The molecule has 1 unspecified atom stereocenters. The van der Waals surface area contributed by atoms with Crippen LogP contribution in [0.2, 0.25) is 0 Å². The number of aliphatic hydroxyl groups is 3. The van der Waals surface area contributed by atoms with Crippen LogP contribution < -0.4 is 5.73 Å². The lowest BCUT2D eigenvalue weighted by Crippen LogP contribution is -2.32. The van der Waals surface area contributed by atoms with Gasteiger partial charge in [-0.1, -0.05) is 0 Å². The first-order valence-electron chi connectivity index (χ1n) is 6.14. The van der Waals surface area contributed by atoms with Gasteiger partial charge in [-0.25, -0.2) is 0 Å². The maximum atomic E-state index is 9.99. The van der Waals surface area contributed by atoms with E-state index in [1.807, 2.05) is 0 Å². The van der Waals surface area contributed by atoms with Crippen LogP contribution >= 0.6 is 0 Å². The smallest absolute Gasteiger partial charge is 0.320 e. The number of carboxylic acids is 2. The van der Waals surface area contributed by atoms with Gasteiger partial charge in [0.25, 0.3) is 0 Å². The Morgan fingerprint density at radius 3 is 1.60 bits per heavy atom. The molecule has 0 aliphatic rings. The highest BCUT2D eigenvalue weighted by Gasteiger charge is 2.12. The summed E-state index contributed by atoms with van der Waals surface area (Å²) in [7, 11) is 0. The average Bonchev–Trinajstić information content (AvgIpc) is 2.37. The third-order valence-electron chi connectivity index (χ3n) is 2.24. The van der Waals surface area contributed by atoms with Crippen LogP contribution in [0.3, 0.4) is 0 Å². The minimum absolute atomic E-state index is 0.0231. The van der Waals surface area contributed by atoms with Crippen molar-refractivity contribution in [2.24, 2.45) is 5.73 Å². The molecule has 0 radical (unpaired) electrons. The quantitative estimate of drug-likeness (QED) is 0.256. The summed E-state index contributed by atoms with van der Waals surface area (Å²) in [6.07, 6.45) is -0.224. The van der Waals surface area contributed by atoms with E-state index in [1.54, 1.807) is 4.90 Å². The average molecular weight is 296 g/mol. The van der Waals surface area contributed by atoms with Crippen LogP contribution in [0.1, 0.15) is 12.8 Å². The lowest BCUT2D eigenvalue weighted by atomic mass is 10.2. The van der Waals surface area contributed by atoms with Gasteiger partial charge in [-0.3, -0.25) is 14.5 Å². The van der Waals surface area contributed by atoms with Crippen LogP contribution in [0.25, 0.3) is 0 Å². The molecular formula is C11H24N2O7. The van der Waals surface area contributed by atoms with Crippen molar-refractivity contribution < 1.29 is 35.1 Å². The normalized spacial score (nSPS) is 11.7. The SMILES string of the molecule is NC(CCC(=O)O)C(=O)O.OCCN(CCO)CCO. The van der Waals surface area contributed by atoms with Crippen LogP contribution in [0.15, 0.2) is 0 Å². The fourth-order valence-electron chi connectivity index (χ4n) is 1.16. The molecule has 0 saturated carbocycles. The fourth-order valence-corrected chi connectivity index (χ4v) is 1.16. The maximum absolute atomic E-state index is 9.99. The molecule has 0 aromatic rings.